The molecule has 4 saturated carbocycles. The molecule has 0 N–H and O–H groups in total. The first-order valence-electron chi connectivity index (χ1n) is 13.8. The number of fused-ring (bicyclic) bond motifs is 5. The highest BCUT2D eigenvalue weighted by molar-refractivity contribution is 5.95. The third-order valence-corrected chi connectivity index (χ3v) is 10.9. The van der Waals surface area contributed by atoms with Crippen molar-refractivity contribution in [2.24, 2.45) is 52.3 Å². The Morgan fingerprint density at radius 1 is 1.09 bits per heavy atom. The van der Waals surface area contributed by atoms with Gasteiger partial charge in [0.15, 0.2) is 0 Å². The molecule has 10 atom stereocenters. The van der Waals surface area contributed by atoms with Crippen LogP contribution in [0.1, 0.15) is 92.4 Å². The van der Waals surface area contributed by atoms with Gasteiger partial charge in [-0.1, -0.05) is 27.7 Å². The summed E-state index contributed by atoms with van der Waals surface area (Å²) in [5, 5.41) is 0. The molecule has 4 fully saturated rings. The van der Waals surface area contributed by atoms with Crippen LogP contribution in [-0.4, -0.2) is 36.7 Å². The van der Waals surface area contributed by atoms with Crippen molar-refractivity contribution in [2.75, 3.05) is 7.11 Å². The summed E-state index contributed by atoms with van der Waals surface area (Å²) in [7, 11) is 1.42. The van der Waals surface area contributed by atoms with Crippen molar-refractivity contribution in [1.82, 2.24) is 0 Å². The van der Waals surface area contributed by atoms with E-state index >= 15 is 0 Å². The largest absolute Gasteiger partial charge is 0.469 e. The smallest absolute Gasteiger partial charge is 0.305 e. The van der Waals surface area contributed by atoms with Gasteiger partial charge >= 0.3 is 11.9 Å². The standard InChI is InChI=1S/C29H44O6/c1-7-19-22-14-18(35-17(3)30)12-13-28(22,4)26-23(31)15-29(5)20(16(2)8-11-24(32)34-6)9-10-21(29)25(26)27(19)33/h16,18-22,25-26H,7-15H2,1-6H3/t16?,18-,19-,20-,21+,22+,25+,26+,28+,29-/m1/s1. The molecule has 0 amide bonds. The Morgan fingerprint density at radius 3 is 2.43 bits per heavy atom. The monoisotopic (exact) mass is 488 g/mol. The first-order valence-corrected chi connectivity index (χ1v) is 13.8. The third kappa shape index (κ3) is 4.27. The van der Waals surface area contributed by atoms with Crippen molar-refractivity contribution in [3.8, 4) is 0 Å². The lowest BCUT2D eigenvalue weighted by molar-refractivity contribution is -0.183. The maximum Gasteiger partial charge on any atom is 0.305 e. The Kier molecular flexibility index (Phi) is 7.25. The number of Topliss-reactive ketones (excluding diaryl/α,β-unsaturated/α-hetero) is 2. The van der Waals surface area contributed by atoms with Crippen LogP contribution in [-0.2, 0) is 28.7 Å². The number of hydrogen-bond acceptors (Lipinski definition) is 6. The van der Waals surface area contributed by atoms with Gasteiger partial charge in [-0.2, -0.15) is 0 Å². The minimum Gasteiger partial charge on any atom is -0.469 e. The van der Waals surface area contributed by atoms with Crippen LogP contribution in [0.4, 0.5) is 0 Å². The van der Waals surface area contributed by atoms with Crippen LogP contribution in [0.3, 0.4) is 0 Å². The van der Waals surface area contributed by atoms with Gasteiger partial charge in [-0.25, -0.2) is 0 Å². The van der Waals surface area contributed by atoms with Gasteiger partial charge in [0.05, 0.1) is 7.11 Å². The number of methoxy groups -OCH3 is 1. The molecule has 4 aliphatic rings. The van der Waals surface area contributed by atoms with E-state index in [0.717, 1.165) is 38.5 Å². The van der Waals surface area contributed by atoms with Gasteiger partial charge in [-0.3, -0.25) is 19.2 Å². The molecular formula is C29H44O6. The summed E-state index contributed by atoms with van der Waals surface area (Å²) >= 11 is 0. The zero-order valence-corrected chi connectivity index (χ0v) is 22.4. The van der Waals surface area contributed by atoms with E-state index in [0.29, 0.717) is 31.1 Å². The van der Waals surface area contributed by atoms with E-state index in [1.54, 1.807) is 0 Å². The molecule has 0 radical (unpaired) electrons. The fourth-order valence-corrected chi connectivity index (χ4v) is 9.40. The SMILES string of the molecule is CC[C@H]1C(=O)[C@H]2[C@@H]3CC[C@H](C(C)CCC(=O)OC)[C@@]3(C)CC(=O)[C@@H]2[C@@]2(C)CC[C@@H](OC(C)=O)C[C@@H]12. The first kappa shape index (κ1) is 26.3. The number of ketones is 2. The molecule has 35 heavy (non-hydrogen) atoms. The Balaban J connectivity index is 1.63. The fraction of sp³-hybridized carbons (Fsp3) is 0.862. The van der Waals surface area contributed by atoms with Gasteiger partial charge in [0, 0.05) is 37.5 Å². The summed E-state index contributed by atoms with van der Waals surface area (Å²) in [6.07, 6.45) is 6.58. The van der Waals surface area contributed by atoms with Crippen LogP contribution < -0.4 is 0 Å². The zero-order chi connectivity index (χ0) is 25.7. The Labute approximate surface area is 210 Å². The minimum atomic E-state index is -0.269. The highest BCUT2D eigenvalue weighted by Crippen LogP contribution is 2.67. The first-order chi connectivity index (χ1) is 16.5. The Bertz CT molecular complexity index is 880. The lowest BCUT2D eigenvalue weighted by atomic mass is 9.41. The molecule has 0 aromatic carbocycles. The molecule has 6 nitrogen and oxygen atoms in total. The van der Waals surface area contributed by atoms with Crippen LogP contribution in [0.2, 0.25) is 0 Å². The average molecular weight is 489 g/mol. The lowest BCUT2D eigenvalue weighted by Gasteiger charge is -2.61. The summed E-state index contributed by atoms with van der Waals surface area (Å²) in [6, 6.07) is 0. The van der Waals surface area contributed by atoms with Gasteiger partial charge in [0.25, 0.3) is 0 Å². The second-order valence-electron chi connectivity index (χ2n) is 12.6. The molecule has 4 rings (SSSR count). The number of carbonyl (C=O) groups is 4. The van der Waals surface area contributed by atoms with E-state index in [4.69, 9.17) is 9.47 Å². The van der Waals surface area contributed by atoms with Crippen molar-refractivity contribution < 1.29 is 28.7 Å². The van der Waals surface area contributed by atoms with Crippen LogP contribution >= 0.6 is 0 Å². The number of esters is 2. The number of hydrogen-bond donors (Lipinski definition) is 0. The topological polar surface area (TPSA) is 86.7 Å². The maximum atomic E-state index is 14.2. The van der Waals surface area contributed by atoms with Crippen LogP contribution in [0.5, 0.6) is 0 Å². The number of ether oxygens (including phenoxy) is 2. The van der Waals surface area contributed by atoms with Gasteiger partial charge in [0.1, 0.15) is 17.7 Å². The van der Waals surface area contributed by atoms with Crippen molar-refractivity contribution in [1.29, 1.82) is 0 Å². The molecule has 0 heterocycles. The molecule has 4 aliphatic carbocycles. The van der Waals surface area contributed by atoms with E-state index in [9.17, 15) is 19.2 Å². The van der Waals surface area contributed by atoms with Crippen molar-refractivity contribution in [3.63, 3.8) is 0 Å². The normalized spacial score (nSPS) is 43.5. The molecular weight excluding hydrogens is 444 g/mol. The number of rotatable bonds is 6. The molecule has 0 saturated heterocycles. The molecule has 6 heteroatoms. The van der Waals surface area contributed by atoms with Gasteiger partial charge in [-0.05, 0) is 79.4 Å². The summed E-state index contributed by atoms with van der Waals surface area (Å²) in [5.74, 6) is 0.548. The summed E-state index contributed by atoms with van der Waals surface area (Å²) < 4.78 is 10.4. The second-order valence-corrected chi connectivity index (χ2v) is 12.6. The van der Waals surface area contributed by atoms with Gasteiger partial charge < -0.3 is 9.47 Å². The number of carbonyl (C=O) groups excluding carboxylic acids is 4. The quantitative estimate of drug-likeness (QED) is 0.480. The predicted molar refractivity (Wildman–Crippen MR) is 131 cm³/mol. The van der Waals surface area contributed by atoms with E-state index in [2.05, 4.69) is 27.7 Å². The zero-order valence-electron chi connectivity index (χ0n) is 22.4. The van der Waals surface area contributed by atoms with Crippen LogP contribution in [0.25, 0.3) is 0 Å². The summed E-state index contributed by atoms with van der Waals surface area (Å²) in [4.78, 5) is 51.5. The molecule has 0 aromatic heterocycles. The van der Waals surface area contributed by atoms with E-state index in [-0.39, 0.29) is 70.0 Å². The van der Waals surface area contributed by atoms with Crippen molar-refractivity contribution in [2.45, 2.75) is 98.5 Å². The van der Waals surface area contributed by atoms with Gasteiger partial charge in [0.2, 0.25) is 0 Å². The van der Waals surface area contributed by atoms with E-state index in [1.807, 2.05) is 0 Å². The summed E-state index contributed by atoms with van der Waals surface area (Å²) in [5.41, 5.74) is -0.414. The highest BCUT2D eigenvalue weighted by Gasteiger charge is 2.67. The fourth-order valence-electron chi connectivity index (χ4n) is 9.40. The van der Waals surface area contributed by atoms with Gasteiger partial charge in [-0.15, -0.1) is 0 Å². The van der Waals surface area contributed by atoms with Crippen LogP contribution in [0.15, 0.2) is 0 Å². The Hall–Kier alpha value is -1.72. The average Bonchev–Trinajstić information content (AvgIpc) is 3.14. The molecule has 196 valence electrons. The Morgan fingerprint density at radius 2 is 1.80 bits per heavy atom. The molecule has 0 spiro atoms. The third-order valence-electron chi connectivity index (χ3n) is 10.9. The van der Waals surface area contributed by atoms with Crippen molar-refractivity contribution in [3.05, 3.63) is 0 Å². The summed E-state index contributed by atoms with van der Waals surface area (Å²) in [6.45, 7) is 10.2. The minimum absolute atomic E-state index is 0.0782. The molecule has 0 aromatic rings. The second kappa shape index (κ2) is 9.63. The van der Waals surface area contributed by atoms with Crippen molar-refractivity contribution >= 4 is 23.5 Å². The molecule has 0 aliphatic heterocycles. The van der Waals surface area contributed by atoms with E-state index in [1.165, 1.54) is 14.0 Å². The molecule has 1 unspecified atom stereocenters. The predicted octanol–water partition coefficient (Wildman–Crippen LogP) is 5.16. The lowest BCUT2D eigenvalue weighted by Crippen LogP contribution is -2.63. The van der Waals surface area contributed by atoms with Crippen LogP contribution in [0, 0.1) is 52.3 Å². The van der Waals surface area contributed by atoms with E-state index < -0.39 is 0 Å². The molecule has 0 bridgehead atoms. The maximum absolute atomic E-state index is 14.2. The highest BCUT2D eigenvalue weighted by atomic mass is 16.5.